The number of fused-ring (bicyclic) bond motifs is 1. The van der Waals surface area contributed by atoms with Crippen molar-refractivity contribution in [3.8, 4) is 0 Å². The minimum Gasteiger partial charge on any atom is -0.352 e. The molecule has 3 rings (SSSR count). The predicted octanol–water partition coefficient (Wildman–Crippen LogP) is 3.94. The highest BCUT2D eigenvalue weighted by molar-refractivity contribution is 7.99. The van der Waals surface area contributed by atoms with Gasteiger partial charge in [-0.25, -0.2) is 0 Å². The number of nitrogens with zero attached hydrogens (tertiary/aromatic N) is 2. The van der Waals surface area contributed by atoms with Gasteiger partial charge in [0.15, 0.2) is 0 Å². The van der Waals surface area contributed by atoms with E-state index in [9.17, 15) is 4.79 Å². The predicted molar refractivity (Wildman–Crippen MR) is 103 cm³/mol. The van der Waals surface area contributed by atoms with Crippen molar-refractivity contribution in [2.24, 2.45) is 0 Å². The van der Waals surface area contributed by atoms with Gasteiger partial charge in [0.05, 0.1) is 5.52 Å². The molecule has 2 aromatic heterocycles. The van der Waals surface area contributed by atoms with Gasteiger partial charge >= 0.3 is 0 Å². The van der Waals surface area contributed by atoms with Crippen LogP contribution in [0.25, 0.3) is 16.5 Å². The molecular weight excluding hydrogens is 330 g/mol. The standard InChI is InChI=1S/C20H19N3OS/c1-15(17-13-16-5-2-3-6-19(16)23-14-17)20(24)22-9-4-12-25-18-7-10-21-11-8-18/h2-3,5-8,10-11,13-14H,1,4,9,12H2,(H,22,24). The Balaban J connectivity index is 1.48. The van der Waals surface area contributed by atoms with Crippen molar-refractivity contribution in [1.29, 1.82) is 0 Å². The maximum Gasteiger partial charge on any atom is 0.251 e. The van der Waals surface area contributed by atoms with E-state index in [2.05, 4.69) is 21.9 Å². The first-order chi connectivity index (χ1) is 12.2. The number of hydrogen-bond acceptors (Lipinski definition) is 4. The summed E-state index contributed by atoms with van der Waals surface area (Å²) in [5.41, 5.74) is 2.11. The van der Waals surface area contributed by atoms with E-state index in [1.807, 2.05) is 42.5 Å². The molecule has 0 aliphatic rings. The minimum atomic E-state index is -0.147. The molecule has 1 amide bonds. The molecule has 0 atom stereocenters. The third kappa shape index (κ3) is 4.67. The molecule has 0 spiro atoms. The molecule has 5 heteroatoms. The van der Waals surface area contributed by atoms with Gasteiger partial charge in [-0.1, -0.05) is 24.8 Å². The Labute approximate surface area is 151 Å². The third-order valence-corrected chi connectivity index (χ3v) is 4.84. The number of amides is 1. The van der Waals surface area contributed by atoms with Crippen molar-refractivity contribution in [3.05, 3.63) is 73.2 Å². The molecule has 25 heavy (non-hydrogen) atoms. The van der Waals surface area contributed by atoms with E-state index in [1.54, 1.807) is 30.4 Å². The van der Waals surface area contributed by atoms with Crippen LogP contribution in [0, 0.1) is 0 Å². The number of pyridine rings is 2. The van der Waals surface area contributed by atoms with Crippen molar-refractivity contribution in [2.45, 2.75) is 11.3 Å². The second-order valence-corrected chi connectivity index (χ2v) is 6.70. The summed E-state index contributed by atoms with van der Waals surface area (Å²) in [7, 11) is 0. The number of carbonyl (C=O) groups is 1. The zero-order chi connectivity index (χ0) is 17.5. The maximum atomic E-state index is 12.3. The van der Waals surface area contributed by atoms with Gasteiger partial charge in [0.2, 0.25) is 0 Å². The lowest BCUT2D eigenvalue weighted by Crippen LogP contribution is -2.25. The summed E-state index contributed by atoms with van der Waals surface area (Å²) in [6.07, 6.45) is 6.16. The fourth-order valence-electron chi connectivity index (χ4n) is 2.37. The van der Waals surface area contributed by atoms with Gasteiger partial charge in [-0.05, 0) is 36.4 Å². The van der Waals surface area contributed by atoms with Crippen molar-refractivity contribution in [3.63, 3.8) is 0 Å². The van der Waals surface area contributed by atoms with Crippen LogP contribution in [0.2, 0.25) is 0 Å². The van der Waals surface area contributed by atoms with Crippen LogP contribution in [0.15, 0.2) is 72.5 Å². The number of rotatable bonds is 7. The van der Waals surface area contributed by atoms with Gasteiger partial charge in [-0.2, -0.15) is 0 Å². The second kappa shape index (κ2) is 8.44. The molecule has 0 bridgehead atoms. The average molecular weight is 349 g/mol. The molecule has 0 unspecified atom stereocenters. The molecule has 0 fully saturated rings. The van der Waals surface area contributed by atoms with Crippen LogP contribution in [0.1, 0.15) is 12.0 Å². The van der Waals surface area contributed by atoms with Crippen molar-refractivity contribution in [2.75, 3.05) is 12.3 Å². The fraction of sp³-hybridized carbons (Fsp3) is 0.150. The van der Waals surface area contributed by atoms with E-state index in [-0.39, 0.29) is 5.91 Å². The smallest absolute Gasteiger partial charge is 0.251 e. The van der Waals surface area contributed by atoms with Crippen molar-refractivity contribution in [1.82, 2.24) is 15.3 Å². The Morgan fingerprint density at radius 1 is 1.16 bits per heavy atom. The summed E-state index contributed by atoms with van der Waals surface area (Å²) in [4.78, 5) is 21.8. The summed E-state index contributed by atoms with van der Waals surface area (Å²) in [5, 5.41) is 3.93. The number of thioether (sulfide) groups is 1. The first-order valence-corrected chi connectivity index (χ1v) is 9.08. The number of nitrogens with one attached hydrogen (secondary N) is 1. The zero-order valence-corrected chi connectivity index (χ0v) is 14.6. The Morgan fingerprint density at radius 2 is 1.96 bits per heavy atom. The number of aromatic nitrogens is 2. The van der Waals surface area contributed by atoms with E-state index in [0.29, 0.717) is 12.1 Å². The molecule has 0 radical (unpaired) electrons. The van der Waals surface area contributed by atoms with Crippen LogP contribution in [0.4, 0.5) is 0 Å². The Hall–Kier alpha value is -2.66. The normalized spacial score (nSPS) is 10.6. The van der Waals surface area contributed by atoms with Crippen LogP contribution in [0.3, 0.4) is 0 Å². The highest BCUT2D eigenvalue weighted by Gasteiger charge is 2.10. The van der Waals surface area contributed by atoms with E-state index in [0.717, 1.165) is 28.6 Å². The lowest BCUT2D eigenvalue weighted by molar-refractivity contribution is -0.115. The fourth-order valence-corrected chi connectivity index (χ4v) is 3.21. The first-order valence-electron chi connectivity index (χ1n) is 8.09. The molecule has 3 aromatic rings. The Kier molecular flexibility index (Phi) is 5.80. The van der Waals surface area contributed by atoms with Gasteiger partial charge < -0.3 is 5.32 Å². The quantitative estimate of drug-likeness (QED) is 0.399. The first kappa shape index (κ1) is 17.2. The topological polar surface area (TPSA) is 54.9 Å². The molecule has 1 N–H and O–H groups in total. The molecule has 0 aliphatic heterocycles. The summed E-state index contributed by atoms with van der Waals surface area (Å²) < 4.78 is 0. The van der Waals surface area contributed by atoms with Gasteiger partial charge in [0, 0.05) is 46.6 Å². The summed E-state index contributed by atoms with van der Waals surface area (Å²) in [6.45, 7) is 4.54. The number of para-hydroxylation sites is 1. The SMILES string of the molecule is C=C(C(=O)NCCCSc1ccncc1)c1cnc2ccccc2c1. The molecular formula is C20H19N3OS. The van der Waals surface area contributed by atoms with Gasteiger partial charge in [0.1, 0.15) is 0 Å². The van der Waals surface area contributed by atoms with Crippen molar-refractivity contribution < 1.29 is 4.79 Å². The van der Waals surface area contributed by atoms with Crippen molar-refractivity contribution >= 4 is 34.1 Å². The van der Waals surface area contributed by atoms with E-state index < -0.39 is 0 Å². The monoisotopic (exact) mass is 349 g/mol. The summed E-state index contributed by atoms with van der Waals surface area (Å²) in [6, 6.07) is 13.7. The zero-order valence-electron chi connectivity index (χ0n) is 13.8. The molecule has 126 valence electrons. The van der Waals surface area contributed by atoms with Crippen LogP contribution in [-0.2, 0) is 4.79 Å². The molecule has 2 heterocycles. The molecule has 1 aromatic carbocycles. The molecule has 0 aliphatic carbocycles. The average Bonchev–Trinajstić information content (AvgIpc) is 2.67. The Morgan fingerprint density at radius 3 is 2.80 bits per heavy atom. The Bertz CT molecular complexity index is 880. The number of hydrogen-bond donors (Lipinski definition) is 1. The van der Waals surface area contributed by atoms with Crippen LogP contribution in [0.5, 0.6) is 0 Å². The van der Waals surface area contributed by atoms with E-state index in [1.165, 1.54) is 4.90 Å². The summed E-state index contributed by atoms with van der Waals surface area (Å²) in [5.74, 6) is 0.792. The molecule has 0 saturated carbocycles. The summed E-state index contributed by atoms with van der Waals surface area (Å²) >= 11 is 1.75. The van der Waals surface area contributed by atoms with Crippen LogP contribution in [-0.4, -0.2) is 28.2 Å². The van der Waals surface area contributed by atoms with Gasteiger partial charge in [-0.15, -0.1) is 11.8 Å². The lowest BCUT2D eigenvalue weighted by atomic mass is 10.1. The van der Waals surface area contributed by atoms with Crippen LogP contribution < -0.4 is 5.32 Å². The van der Waals surface area contributed by atoms with Gasteiger partial charge in [-0.3, -0.25) is 14.8 Å². The van der Waals surface area contributed by atoms with E-state index >= 15 is 0 Å². The third-order valence-electron chi connectivity index (χ3n) is 3.74. The number of carbonyl (C=O) groups excluding carboxylic acids is 1. The lowest BCUT2D eigenvalue weighted by Gasteiger charge is -2.08. The molecule has 0 saturated heterocycles. The van der Waals surface area contributed by atoms with Gasteiger partial charge in [0.25, 0.3) is 5.91 Å². The second-order valence-electron chi connectivity index (χ2n) is 5.54. The highest BCUT2D eigenvalue weighted by atomic mass is 32.2. The molecule has 4 nitrogen and oxygen atoms in total. The van der Waals surface area contributed by atoms with Crippen LogP contribution >= 0.6 is 11.8 Å². The number of benzene rings is 1. The van der Waals surface area contributed by atoms with E-state index in [4.69, 9.17) is 0 Å². The minimum absolute atomic E-state index is 0.147. The maximum absolute atomic E-state index is 12.3. The highest BCUT2D eigenvalue weighted by Crippen LogP contribution is 2.19. The largest absolute Gasteiger partial charge is 0.352 e.